The number of nitrogens with zero attached hydrogens (tertiary/aromatic N) is 1. The van der Waals surface area contributed by atoms with Crippen LogP contribution in [0.2, 0.25) is 0 Å². The molecule has 0 saturated carbocycles. The number of carbonyl (C=O) groups is 4. The lowest BCUT2D eigenvalue weighted by Gasteiger charge is -2.26. The number of unbranched alkanes of at least 4 members (excludes halogenated alkanes) is 1. The van der Waals surface area contributed by atoms with Crippen LogP contribution in [-0.4, -0.2) is 81.2 Å². The van der Waals surface area contributed by atoms with E-state index in [0.29, 0.717) is 25.1 Å². The zero-order valence-corrected chi connectivity index (χ0v) is 17.3. The molecule has 0 fully saturated rings. The summed E-state index contributed by atoms with van der Waals surface area (Å²) in [4.78, 5) is 55.0. The number of carboxylic acids is 1. The Labute approximate surface area is 179 Å². The first-order chi connectivity index (χ1) is 14.7. The number of nitrogens with one attached hydrogen (secondary N) is 4. The molecule has 13 heteroatoms. The molecule has 0 aliphatic rings. The Hall–Kier alpha value is -3.03. The number of carboxylic acid groups (broad SMARTS) is 1. The van der Waals surface area contributed by atoms with Crippen molar-refractivity contribution in [2.75, 3.05) is 13.1 Å². The van der Waals surface area contributed by atoms with Gasteiger partial charge < -0.3 is 42.6 Å². The quantitative estimate of drug-likeness (QED) is 0.137. The number of rotatable bonds is 14. The first-order valence-electron chi connectivity index (χ1n) is 9.87. The molecule has 174 valence electrons. The molecule has 0 aliphatic carbocycles. The summed E-state index contributed by atoms with van der Waals surface area (Å²) in [6, 6.07) is -3.75. The highest BCUT2D eigenvalue weighted by Crippen LogP contribution is 2.05. The van der Waals surface area contributed by atoms with Crippen LogP contribution in [0.1, 0.15) is 31.9 Å². The van der Waals surface area contributed by atoms with Crippen molar-refractivity contribution >= 4 is 23.7 Å². The van der Waals surface area contributed by atoms with Gasteiger partial charge in [-0.05, 0) is 32.7 Å². The van der Waals surface area contributed by atoms with E-state index in [1.165, 1.54) is 19.4 Å². The van der Waals surface area contributed by atoms with Crippen molar-refractivity contribution in [3.05, 3.63) is 18.2 Å². The largest absolute Gasteiger partial charge is 0.480 e. The predicted octanol–water partition coefficient (Wildman–Crippen LogP) is -3.04. The number of aliphatic hydroxyl groups is 1. The third-order valence-electron chi connectivity index (χ3n) is 4.44. The number of imidazole rings is 1. The van der Waals surface area contributed by atoms with E-state index in [9.17, 15) is 29.4 Å². The monoisotopic (exact) mass is 441 g/mol. The van der Waals surface area contributed by atoms with Gasteiger partial charge in [0, 0.05) is 18.3 Å². The average Bonchev–Trinajstić information content (AvgIpc) is 3.23. The third kappa shape index (κ3) is 9.11. The Kier molecular flexibility index (Phi) is 11.2. The number of aromatic nitrogens is 2. The Bertz CT molecular complexity index is 725. The summed E-state index contributed by atoms with van der Waals surface area (Å²) in [6.07, 6.45) is 2.79. The van der Waals surface area contributed by atoms with E-state index in [0.717, 1.165) is 0 Å². The van der Waals surface area contributed by atoms with Crippen LogP contribution in [0, 0.1) is 0 Å². The highest BCUT2D eigenvalue weighted by atomic mass is 16.4. The van der Waals surface area contributed by atoms with Gasteiger partial charge >= 0.3 is 5.97 Å². The van der Waals surface area contributed by atoms with Crippen LogP contribution in [0.15, 0.2) is 12.5 Å². The average molecular weight is 441 g/mol. The van der Waals surface area contributed by atoms with E-state index < -0.39 is 47.9 Å². The van der Waals surface area contributed by atoms with E-state index in [1.54, 1.807) is 0 Å². The molecule has 10 N–H and O–H groups in total. The van der Waals surface area contributed by atoms with E-state index in [4.69, 9.17) is 11.5 Å². The van der Waals surface area contributed by atoms with Gasteiger partial charge in [0.05, 0.1) is 19.0 Å². The van der Waals surface area contributed by atoms with Gasteiger partial charge in [0.2, 0.25) is 17.7 Å². The minimum atomic E-state index is -1.44. The number of carbonyl (C=O) groups excluding carboxylic acids is 3. The summed E-state index contributed by atoms with van der Waals surface area (Å²) in [5, 5.41) is 26.5. The molecule has 13 nitrogen and oxygen atoms in total. The van der Waals surface area contributed by atoms with Crippen molar-refractivity contribution in [3.63, 3.8) is 0 Å². The van der Waals surface area contributed by atoms with Gasteiger partial charge in [-0.1, -0.05) is 0 Å². The highest BCUT2D eigenvalue weighted by Gasteiger charge is 2.32. The van der Waals surface area contributed by atoms with Crippen LogP contribution >= 0.6 is 0 Å². The standard InChI is InChI=1S/C18H31N7O6/c1-10(26)15(17(29)24-13(18(30)31)6-11-8-21-9-22-11)25-16(28)12(4-2-3-5-19)23-14(27)7-20/h8-10,12-13,15,26H,2-7,19-20H2,1H3,(H,21,22)(H,23,27)(H,24,29)(H,25,28)(H,30,31). The number of aliphatic hydroxyl groups excluding tert-OH is 1. The minimum Gasteiger partial charge on any atom is -0.480 e. The number of amides is 3. The van der Waals surface area contributed by atoms with Crippen LogP contribution in [-0.2, 0) is 25.6 Å². The molecule has 1 rings (SSSR count). The van der Waals surface area contributed by atoms with Gasteiger partial charge in [0.25, 0.3) is 0 Å². The highest BCUT2D eigenvalue weighted by molar-refractivity contribution is 5.93. The van der Waals surface area contributed by atoms with Crippen LogP contribution in [0.25, 0.3) is 0 Å². The fourth-order valence-electron chi connectivity index (χ4n) is 2.75. The lowest BCUT2D eigenvalue weighted by atomic mass is 10.1. The van der Waals surface area contributed by atoms with Crippen LogP contribution in [0.3, 0.4) is 0 Å². The van der Waals surface area contributed by atoms with Gasteiger partial charge in [-0.3, -0.25) is 14.4 Å². The van der Waals surface area contributed by atoms with Crippen LogP contribution in [0.4, 0.5) is 0 Å². The van der Waals surface area contributed by atoms with Crippen molar-refractivity contribution in [1.29, 1.82) is 0 Å². The molecule has 31 heavy (non-hydrogen) atoms. The molecular formula is C18H31N7O6. The maximum Gasteiger partial charge on any atom is 0.326 e. The van der Waals surface area contributed by atoms with Crippen LogP contribution in [0.5, 0.6) is 0 Å². The summed E-state index contributed by atoms with van der Waals surface area (Å²) in [5.41, 5.74) is 11.2. The second-order valence-electron chi connectivity index (χ2n) is 7.02. The Morgan fingerprint density at radius 2 is 1.81 bits per heavy atom. The zero-order valence-electron chi connectivity index (χ0n) is 17.3. The molecule has 1 heterocycles. The van der Waals surface area contributed by atoms with Crippen molar-refractivity contribution in [1.82, 2.24) is 25.9 Å². The van der Waals surface area contributed by atoms with E-state index in [-0.39, 0.29) is 19.4 Å². The first kappa shape index (κ1) is 26.0. The van der Waals surface area contributed by atoms with Gasteiger partial charge in [0.1, 0.15) is 18.1 Å². The van der Waals surface area contributed by atoms with E-state index in [1.807, 2.05) is 0 Å². The smallest absolute Gasteiger partial charge is 0.326 e. The van der Waals surface area contributed by atoms with E-state index in [2.05, 4.69) is 25.9 Å². The summed E-state index contributed by atoms with van der Waals surface area (Å²) < 4.78 is 0. The summed E-state index contributed by atoms with van der Waals surface area (Å²) >= 11 is 0. The second-order valence-corrected chi connectivity index (χ2v) is 7.02. The molecule has 0 spiro atoms. The maximum absolute atomic E-state index is 12.7. The first-order valence-corrected chi connectivity index (χ1v) is 9.87. The molecule has 4 atom stereocenters. The summed E-state index contributed by atoms with van der Waals surface area (Å²) in [6.45, 7) is 1.36. The molecule has 4 unspecified atom stereocenters. The lowest BCUT2D eigenvalue weighted by Crippen LogP contribution is -2.59. The molecular weight excluding hydrogens is 410 g/mol. The number of hydrogen-bond donors (Lipinski definition) is 8. The van der Waals surface area contributed by atoms with Gasteiger partial charge in [-0.15, -0.1) is 0 Å². The van der Waals surface area contributed by atoms with Gasteiger partial charge in [-0.2, -0.15) is 0 Å². The fourth-order valence-corrected chi connectivity index (χ4v) is 2.75. The number of aliphatic carboxylic acids is 1. The van der Waals surface area contributed by atoms with E-state index >= 15 is 0 Å². The fraction of sp³-hybridized carbons (Fsp3) is 0.611. The molecule has 3 amide bonds. The van der Waals surface area contributed by atoms with Gasteiger partial charge in [-0.25, -0.2) is 9.78 Å². The molecule has 1 aromatic heterocycles. The minimum absolute atomic E-state index is 0.0736. The Balaban J connectivity index is 2.86. The number of aromatic amines is 1. The number of H-pyrrole nitrogens is 1. The van der Waals surface area contributed by atoms with Gasteiger partial charge in [0.15, 0.2) is 0 Å². The number of hydrogen-bond acceptors (Lipinski definition) is 8. The molecule has 0 radical (unpaired) electrons. The SMILES string of the molecule is CC(O)C(NC(=O)C(CCCCN)NC(=O)CN)C(=O)NC(Cc1cnc[nH]1)C(=O)O. The zero-order chi connectivity index (χ0) is 23.4. The molecule has 0 bridgehead atoms. The molecule has 0 aromatic carbocycles. The lowest BCUT2D eigenvalue weighted by molar-refractivity contribution is -0.143. The van der Waals surface area contributed by atoms with Crippen molar-refractivity contribution < 1.29 is 29.4 Å². The summed E-state index contributed by atoms with van der Waals surface area (Å²) in [7, 11) is 0. The molecule has 0 aliphatic heterocycles. The molecule has 1 aromatic rings. The normalized spacial score (nSPS) is 14.7. The topological polar surface area (TPSA) is 226 Å². The summed E-state index contributed by atoms with van der Waals surface area (Å²) in [5.74, 6) is -3.45. The predicted molar refractivity (Wildman–Crippen MR) is 109 cm³/mol. The van der Waals surface area contributed by atoms with Crippen molar-refractivity contribution in [3.8, 4) is 0 Å². The number of nitrogens with two attached hydrogens (primary N) is 2. The maximum atomic E-state index is 12.7. The van der Waals surface area contributed by atoms with Crippen molar-refractivity contribution in [2.45, 2.75) is 56.8 Å². The van der Waals surface area contributed by atoms with Crippen LogP contribution < -0.4 is 27.4 Å². The Morgan fingerprint density at radius 3 is 2.32 bits per heavy atom. The third-order valence-corrected chi connectivity index (χ3v) is 4.44. The Morgan fingerprint density at radius 1 is 1.10 bits per heavy atom. The van der Waals surface area contributed by atoms with Crippen molar-refractivity contribution in [2.24, 2.45) is 11.5 Å². The molecule has 0 saturated heterocycles. The second kappa shape index (κ2) is 13.3.